The molecular formula is C14H30N2. The minimum atomic E-state index is 0.754. The van der Waals surface area contributed by atoms with Crippen molar-refractivity contribution in [2.45, 2.75) is 58.9 Å². The van der Waals surface area contributed by atoms with Gasteiger partial charge in [-0.1, -0.05) is 33.6 Å². The Bertz CT molecular complexity index is 162. The molecule has 0 amide bonds. The van der Waals surface area contributed by atoms with Crippen molar-refractivity contribution < 1.29 is 0 Å². The van der Waals surface area contributed by atoms with Crippen molar-refractivity contribution in [2.75, 3.05) is 26.2 Å². The summed E-state index contributed by atoms with van der Waals surface area (Å²) in [5.74, 6) is 0.775. The summed E-state index contributed by atoms with van der Waals surface area (Å²) in [6, 6.07) is 0.754. The standard InChI is InChI=1S/C14H30N2/c1-4-5-6-9-15-12-14(13(2)3)16-10-7-8-11-16/h13-15H,4-12H2,1-3H3. The van der Waals surface area contributed by atoms with Gasteiger partial charge < -0.3 is 5.32 Å². The number of hydrogen-bond acceptors (Lipinski definition) is 2. The molecule has 0 bridgehead atoms. The third-order valence-corrected chi connectivity index (χ3v) is 3.69. The minimum Gasteiger partial charge on any atom is -0.315 e. The minimum absolute atomic E-state index is 0.754. The van der Waals surface area contributed by atoms with Gasteiger partial charge in [0.25, 0.3) is 0 Å². The Morgan fingerprint density at radius 3 is 2.38 bits per heavy atom. The zero-order valence-corrected chi connectivity index (χ0v) is 11.5. The normalized spacial score (nSPS) is 19.5. The second-order valence-corrected chi connectivity index (χ2v) is 5.47. The molecule has 1 heterocycles. The van der Waals surface area contributed by atoms with Gasteiger partial charge in [-0.25, -0.2) is 0 Å². The third-order valence-electron chi connectivity index (χ3n) is 3.69. The van der Waals surface area contributed by atoms with E-state index in [1.165, 1.54) is 58.3 Å². The largest absolute Gasteiger partial charge is 0.315 e. The van der Waals surface area contributed by atoms with Crippen LogP contribution in [0.25, 0.3) is 0 Å². The molecule has 16 heavy (non-hydrogen) atoms. The van der Waals surface area contributed by atoms with E-state index in [1.807, 2.05) is 0 Å². The maximum atomic E-state index is 3.64. The van der Waals surface area contributed by atoms with Crippen molar-refractivity contribution in [3.63, 3.8) is 0 Å². The average Bonchev–Trinajstić information content (AvgIpc) is 2.76. The summed E-state index contributed by atoms with van der Waals surface area (Å²) >= 11 is 0. The van der Waals surface area contributed by atoms with E-state index in [0.717, 1.165) is 12.0 Å². The summed E-state index contributed by atoms with van der Waals surface area (Å²) < 4.78 is 0. The van der Waals surface area contributed by atoms with Gasteiger partial charge in [-0.2, -0.15) is 0 Å². The summed E-state index contributed by atoms with van der Waals surface area (Å²) in [6.07, 6.45) is 6.82. The molecule has 96 valence electrons. The highest BCUT2D eigenvalue weighted by atomic mass is 15.2. The fourth-order valence-corrected chi connectivity index (χ4v) is 2.61. The molecule has 0 saturated carbocycles. The topological polar surface area (TPSA) is 15.3 Å². The maximum absolute atomic E-state index is 3.64. The Kier molecular flexibility index (Phi) is 7.06. The molecule has 0 spiro atoms. The summed E-state index contributed by atoms with van der Waals surface area (Å²) in [7, 11) is 0. The highest BCUT2D eigenvalue weighted by Crippen LogP contribution is 2.17. The number of nitrogens with zero attached hydrogens (tertiary/aromatic N) is 1. The van der Waals surface area contributed by atoms with Gasteiger partial charge in [-0.3, -0.25) is 4.90 Å². The zero-order valence-electron chi connectivity index (χ0n) is 11.5. The molecule has 1 fully saturated rings. The summed E-state index contributed by atoms with van der Waals surface area (Å²) in [6.45, 7) is 12.0. The molecule has 1 aliphatic rings. The molecule has 0 aromatic heterocycles. The van der Waals surface area contributed by atoms with Crippen LogP contribution in [-0.2, 0) is 0 Å². The van der Waals surface area contributed by atoms with Gasteiger partial charge in [-0.15, -0.1) is 0 Å². The lowest BCUT2D eigenvalue weighted by atomic mass is 10.0. The lowest BCUT2D eigenvalue weighted by Gasteiger charge is -2.31. The fourth-order valence-electron chi connectivity index (χ4n) is 2.61. The predicted molar refractivity (Wildman–Crippen MR) is 71.8 cm³/mol. The SMILES string of the molecule is CCCCCNCC(C(C)C)N1CCCC1. The number of nitrogens with one attached hydrogen (secondary N) is 1. The fraction of sp³-hybridized carbons (Fsp3) is 1.00. The monoisotopic (exact) mass is 226 g/mol. The molecule has 2 nitrogen and oxygen atoms in total. The number of rotatable bonds is 8. The first-order valence-corrected chi connectivity index (χ1v) is 7.20. The van der Waals surface area contributed by atoms with E-state index in [1.54, 1.807) is 0 Å². The van der Waals surface area contributed by atoms with Crippen LogP contribution in [0.5, 0.6) is 0 Å². The highest BCUT2D eigenvalue weighted by Gasteiger charge is 2.23. The molecule has 2 heteroatoms. The number of hydrogen-bond donors (Lipinski definition) is 1. The van der Waals surface area contributed by atoms with Crippen molar-refractivity contribution in [3.8, 4) is 0 Å². The van der Waals surface area contributed by atoms with Crippen LogP contribution in [-0.4, -0.2) is 37.1 Å². The Balaban J connectivity index is 2.17. The predicted octanol–water partition coefficient (Wildman–Crippen LogP) is 2.89. The van der Waals surface area contributed by atoms with Crippen LogP contribution in [0, 0.1) is 5.92 Å². The van der Waals surface area contributed by atoms with Crippen LogP contribution in [0.3, 0.4) is 0 Å². The number of unbranched alkanes of at least 4 members (excludes halogenated alkanes) is 2. The van der Waals surface area contributed by atoms with Gasteiger partial charge in [0, 0.05) is 12.6 Å². The molecule has 1 atom stereocenters. The number of likely N-dealkylation sites (tertiary alicyclic amines) is 1. The zero-order chi connectivity index (χ0) is 11.8. The molecule has 1 rings (SSSR count). The third kappa shape index (κ3) is 4.84. The van der Waals surface area contributed by atoms with E-state index >= 15 is 0 Å². The van der Waals surface area contributed by atoms with E-state index in [-0.39, 0.29) is 0 Å². The highest BCUT2D eigenvalue weighted by molar-refractivity contribution is 4.80. The summed E-state index contributed by atoms with van der Waals surface area (Å²) in [5.41, 5.74) is 0. The van der Waals surface area contributed by atoms with Gasteiger partial charge in [0.1, 0.15) is 0 Å². The van der Waals surface area contributed by atoms with Crippen molar-refractivity contribution in [2.24, 2.45) is 5.92 Å². The van der Waals surface area contributed by atoms with Crippen molar-refractivity contribution in [3.05, 3.63) is 0 Å². The molecule has 0 aromatic rings. The molecule has 1 aliphatic heterocycles. The Morgan fingerprint density at radius 2 is 1.81 bits per heavy atom. The van der Waals surface area contributed by atoms with Crippen LogP contribution in [0.2, 0.25) is 0 Å². The smallest absolute Gasteiger partial charge is 0.0243 e. The van der Waals surface area contributed by atoms with E-state index in [0.29, 0.717) is 0 Å². The van der Waals surface area contributed by atoms with Crippen molar-refractivity contribution in [1.82, 2.24) is 10.2 Å². The van der Waals surface area contributed by atoms with Crippen LogP contribution >= 0.6 is 0 Å². The van der Waals surface area contributed by atoms with E-state index in [9.17, 15) is 0 Å². The quantitative estimate of drug-likeness (QED) is 0.640. The van der Waals surface area contributed by atoms with E-state index < -0.39 is 0 Å². The van der Waals surface area contributed by atoms with Gasteiger partial charge in [0.05, 0.1) is 0 Å². The first kappa shape index (κ1) is 14.0. The second-order valence-electron chi connectivity index (χ2n) is 5.47. The van der Waals surface area contributed by atoms with Gasteiger partial charge in [-0.05, 0) is 44.8 Å². The molecule has 1 unspecified atom stereocenters. The van der Waals surface area contributed by atoms with Crippen LogP contribution in [0.15, 0.2) is 0 Å². The van der Waals surface area contributed by atoms with Gasteiger partial charge in [0.2, 0.25) is 0 Å². The first-order chi connectivity index (χ1) is 7.75. The lowest BCUT2D eigenvalue weighted by Crippen LogP contribution is -2.44. The van der Waals surface area contributed by atoms with Gasteiger partial charge in [0.15, 0.2) is 0 Å². The molecule has 0 aromatic carbocycles. The van der Waals surface area contributed by atoms with Crippen LogP contribution < -0.4 is 5.32 Å². The van der Waals surface area contributed by atoms with Crippen molar-refractivity contribution in [1.29, 1.82) is 0 Å². The lowest BCUT2D eigenvalue weighted by molar-refractivity contribution is 0.186. The molecular weight excluding hydrogens is 196 g/mol. The Morgan fingerprint density at radius 1 is 1.12 bits per heavy atom. The van der Waals surface area contributed by atoms with E-state index in [2.05, 4.69) is 31.0 Å². The molecule has 1 N–H and O–H groups in total. The van der Waals surface area contributed by atoms with Crippen molar-refractivity contribution >= 4 is 0 Å². The summed E-state index contributed by atoms with van der Waals surface area (Å²) in [5, 5.41) is 3.64. The molecule has 1 saturated heterocycles. The first-order valence-electron chi connectivity index (χ1n) is 7.20. The Hall–Kier alpha value is -0.0800. The van der Waals surface area contributed by atoms with Crippen LogP contribution in [0.4, 0.5) is 0 Å². The second kappa shape index (κ2) is 8.08. The van der Waals surface area contributed by atoms with Gasteiger partial charge >= 0.3 is 0 Å². The molecule has 0 radical (unpaired) electrons. The Labute approximate surface area is 102 Å². The van der Waals surface area contributed by atoms with E-state index in [4.69, 9.17) is 0 Å². The average molecular weight is 226 g/mol. The van der Waals surface area contributed by atoms with Crippen LogP contribution in [0.1, 0.15) is 52.9 Å². The maximum Gasteiger partial charge on any atom is 0.0243 e. The summed E-state index contributed by atoms with van der Waals surface area (Å²) in [4.78, 5) is 2.68. The molecule has 0 aliphatic carbocycles.